The number of hydrogen-bond donors (Lipinski definition) is 0. The number of rotatable bonds is 11. The third-order valence-electron chi connectivity index (χ3n) is 4.68. The lowest BCUT2D eigenvalue weighted by Gasteiger charge is -2.27. The molecule has 1 aromatic rings. The van der Waals surface area contributed by atoms with Crippen molar-refractivity contribution in [3.63, 3.8) is 0 Å². The number of carbonyl (C=O) groups is 4. The molecule has 2 rings (SSSR count). The summed E-state index contributed by atoms with van der Waals surface area (Å²) >= 11 is 0. The summed E-state index contributed by atoms with van der Waals surface area (Å²) < 4.78 is 5.51. The fourth-order valence-corrected chi connectivity index (χ4v) is 3.18. The van der Waals surface area contributed by atoms with Crippen molar-refractivity contribution in [3.8, 4) is 5.75 Å². The maximum atomic E-state index is 13.0. The fraction of sp³-hybridized carbons (Fsp3) is 0.524. The summed E-state index contributed by atoms with van der Waals surface area (Å²) in [7, 11) is 0. The van der Waals surface area contributed by atoms with E-state index >= 15 is 0 Å². The van der Waals surface area contributed by atoms with Crippen LogP contribution in [0.4, 0.5) is 5.69 Å². The molecule has 1 heterocycles. The number of carbonyl (C=O) groups excluding carboxylic acids is 4. The van der Waals surface area contributed by atoms with Gasteiger partial charge in [0.1, 0.15) is 11.8 Å². The zero-order chi connectivity index (χ0) is 21.4. The summed E-state index contributed by atoms with van der Waals surface area (Å²) in [5.74, 6) is -2.01. The Kier molecular flexibility index (Phi) is 8.18. The van der Waals surface area contributed by atoms with E-state index in [1.54, 1.807) is 24.3 Å². The fourth-order valence-electron chi connectivity index (χ4n) is 3.18. The van der Waals surface area contributed by atoms with E-state index in [1.807, 2.05) is 13.8 Å². The quantitative estimate of drug-likeness (QED) is 0.515. The Morgan fingerprint density at radius 3 is 2.41 bits per heavy atom. The molecule has 3 amide bonds. The maximum Gasteiger partial charge on any atom is 0.257 e. The number of anilines is 1. The lowest BCUT2D eigenvalue weighted by molar-refractivity contribution is -0.305. The topological polar surface area (TPSA) is 107 Å². The molecule has 0 bridgehead atoms. The van der Waals surface area contributed by atoms with Crippen LogP contribution in [0, 0.1) is 0 Å². The minimum Gasteiger partial charge on any atom is -0.550 e. The molecule has 0 aliphatic carbocycles. The van der Waals surface area contributed by atoms with Crippen LogP contribution in [0.3, 0.4) is 0 Å². The Hall–Kier alpha value is -2.90. The molecule has 0 N–H and O–H groups in total. The molecule has 0 radical (unpaired) electrons. The molecule has 1 atom stereocenters. The number of ether oxygens (including phenoxy) is 1. The van der Waals surface area contributed by atoms with Gasteiger partial charge in [-0.25, -0.2) is 4.90 Å². The van der Waals surface area contributed by atoms with E-state index in [0.717, 1.165) is 17.7 Å². The second-order valence-electron chi connectivity index (χ2n) is 6.94. The van der Waals surface area contributed by atoms with Gasteiger partial charge in [0.15, 0.2) is 0 Å². The molecule has 1 aliphatic heterocycles. The monoisotopic (exact) mass is 403 g/mol. The van der Waals surface area contributed by atoms with E-state index in [-0.39, 0.29) is 12.8 Å². The molecule has 158 valence electrons. The molecule has 0 spiro atoms. The molecule has 8 nitrogen and oxygen atoms in total. The van der Waals surface area contributed by atoms with Crippen LogP contribution in [0.2, 0.25) is 0 Å². The zero-order valence-corrected chi connectivity index (χ0v) is 16.9. The van der Waals surface area contributed by atoms with E-state index in [4.69, 9.17) is 4.74 Å². The largest absolute Gasteiger partial charge is 0.550 e. The van der Waals surface area contributed by atoms with Gasteiger partial charge in [-0.05, 0) is 43.5 Å². The normalized spacial score (nSPS) is 16.2. The van der Waals surface area contributed by atoms with Crippen LogP contribution in [0.15, 0.2) is 24.3 Å². The first kappa shape index (κ1) is 22.4. The maximum absolute atomic E-state index is 13.0. The van der Waals surface area contributed by atoms with Gasteiger partial charge in [0, 0.05) is 18.9 Å². The molecule has 1 saturated heterocycles. The van der Waals surface area contributed by atoms with Crippen molar-refractivity contribution in [2.24, 2.45) is 0 Å². The Labute approximate surface area is 170 Å². The Bertz CT molecular complexity index is 746. The van der Waals surface area contributed by atoms with Gasteiger partial charge in [-0.2, -0.15) is 0 Å². The molecule has 1 aliphatic rings. The van der Waals surface area contributed by atoms with Gasteiger partial charge < -0.3 is 19.5 Å². The minimum absolute atomic E-state index is 0.117. The van der Waals surface area contributed by atoms with Gasteiger partial charge in [-0.3, -0.25) is 14.4 Å². The van der Waals surface area contributed by atoms with Crippen molar-refractivity contribution >= 4 is 29.4 Å². The average molecular weight is 403 g/mol. The number of hydrogen-bond acceptors (Lipinski definition) is 6. The minimum atomic E-state index is -1.32. The number of amides is 3. The van der Waals surface area contributed by atoms with Crippen molar-refractivity contribution in [1.29, 1.82) is 0 Å². The third kappa shape index (κ3) is 5.79. The highest BCUT2D eigenvalue weighted by Gasteiger charge is 2.44. The van der Waals surface area contributed by atoms with Gasteiger partial charge in [0.25, 0.3) is 5.91 Å². The van der Waals surface area contributed by atoms with Crippen LogP contribution in [0.1, 0.15) is 52.4 Å². The number of unbranched alkanes of at least 4 members (excludes halogenated alkanes) is 1. The molecule has 1 aromatic carbocycles. The van der Waals surface area contributed by atoms with Gasteiger partial charge in [-0.1, -0.05) is 20.3 Å². The van der Waals surface area contributed by atoms with E-state index in [1.165, 1.54) is 4.90 Å². The number of nitrogens with zero attached hydrogens (tertiary/aromatic N) is 2. The van der Waals surface area contributed by atoms with Gasteiger partial charge in [0.05, 0.1) is 18.7 Å². The molecule has 1 fully saturated rings. The number of carboxylic acids is 1. The van der Waals surface area contributed by atoms with Crippen LogP contribution >= 0.6 is 0 Å². The molecular formula is C21H27N2O6-. The van der Waals surface area contributed by atoms with Gasteiger partial charge in [0.2, 0.25) is 11.8 Å². The number of carboxylic acid groups (broad SMARTS) is 1. The van der Waals surface area contributed by atoms with Crippen LogP contribution < -0.4 is 14.7 Å². The van der Waals surface area contributed by atoms with Crippen LogP contribution in [0.5, 0.6) is 5.75 Å². The predicted molar refractivity (Wildman–Crippen MR) is 104 cm³/mol. The molecule has 0 aromatic heterocycles. The Morgan fingerprint density at radius 2 is 1.83 bits per heavy atom. The van der Waals surface area contributed by atoms with E-state index < -0.39 is 36.2 Å². The highest BCUT2D eigenvalue weighted by molar-refractivity contribution is 6.23. The average Bonchev–Trinajstić information content (AvgIpc) is 2.99. The highest BCUT2D eigenvalue weighted by Crippen LogP contribution is 2.28. The molecule has 0 saturated carbocycles. The lowest BCUT2D eigenvalue weighted by atomic mass is 10.1. The van der Waals surface area contributed by atoms with Gasteiger partial charge >= 0.3 is 0 Å². The van der Waals surface area contributed by atoms with Crippen LogP contribution in [-0.2, 0) is 19.2 Å². The van der Waals surface area contributed by atoms with Crippen molar-refractivity contribution in [1.82, 2.24) is 4.90 Å². The number of benzene rings is 1. The number of aliphatic carboxylic acids is 1. The lowest BCUT2D eigenvalue weighted by Crippen LogP contribution is -2.46. The van der Waals surface area contributed by atoms with Crippen molar-refractivity contribution in [2.75, 3.05) is 18.1 Å². The van der Waals surface area contributed by atoms with Crippen molar-refractivity contribution < 1.29 is 29.0 Å². The van der Waals surface area contributed by atoms with Crippen molar-refractivity contribution in [3.05, 3.63) is 24.3 Å². The summed E-state index contributed by atoms with van der Waals surface area (Å²) in [5.41, 5.74) is 0.420. The molecule has 8 heteroatoms. The summed E-state index contributed by atoms with van der Waals surface area (Å²) in [6.07, 6.45) is 1.52. The third-order valence-corrected chi connectivity index (χ3v) is 4.68. The van der Waals surface area contributed by atoms with E-state index in [9.17, 15) is 24.3 Å². The second-order valence-corrected chi connectivity index (χ2v) is 6.94. The SMILES string of the molecule is CCCCN(C(=O)CCC(=O)[O-])[C@@H]1CC(=O)N(c2ccc(OCCC)cc2)C1=O. The first-order valence-electron chi connectivity index (χ1n) is 9.98. The smallest absolute Gasteiger partial charge is 0.257 e. The highest BCUT2D eigenvalue weighted by atomic mass is 16.5. The van der Waals surface area contributed by atoms with Crippen LogP contribution in [-0.4, -0.2) is 47.8 Å². The standard InChI is InChI=1S/C21H28N2O6/c1-3-5-12-22(18(24)10-11-20(26)27)17-14-19(25)23(21(17)28)15-6-8-16(9-7-15)29-13-4-2/h6-9,17H,3-5,10-14H2,1-2H3,(H,26,27)/p-1/t17-/m1/s1. The predicted octanol–water partition coefficient (Wildman–Crippen LogP) is 1.27. The van der Waals surface area contributed by atoms with Crippen molar-refractivity contribution in [2.45, 2.75) is 58.4 Å². The van der Waals surface area contributed by atoms with E-state index in [0.29, 0.717) is 31.0 Å². The first-order chi connectivity index (χ1) is 13.9. The summed E-state index contributed by atoms with van der Waals surface area (Å²) in [6.45, 7) is 4.81. The molecule has 0 unspecified atom stereocenters. The summed E-state index contributed by atoms with van der Waals surface area (Å²) in [5, 5.41) is 10.7. The second kappa shape index (κ2) is 10.6. The van der Waals surface area contributed by atoms with E-state index in [2.05, 4.69) is 0 Å². The molecule has 29 heavy (non-hydrogen) atoms. The van der Waals surface area contributed by atoms with Gasteiger partial charge in [-0.15, -0.1) is 0 Å². The van der Waals surface area contributed by atoms with Crippen LogP contribution in [0.25, 0.3) is 0 Å². The summed E-state index contributed by atoms with van der Waals surface area (Å²) in [4.78, 5) is 51.1. The Balaban J connectivity index is 2.16. The molecular weight excluding hydrogens is 376 g/mol. The zero-order valence-electron chi connectivity index (χ0n) is 16.9. The first-order valence-corrected chi connectivity index (χ1v) is 9.98. The summed E-state index contributed by atoms with van der Waals surface area (Å²) in [6, 6.07) is 5.74. The number of imide groups is 1. The Morgan fingerprint density at radius 1 is 1.14 bits per heavy atom.